The fourth-order valence-corrected chi connectivity index (χ4v) is 3.59. The monoisotopic (exact) mass is 349 g/mol. The lowest BCUT2D eigenvalue weighted by molar-refractivity contribution is 0.400. The van der Waals surface area contributed by atoms with Crippen LogP contribution in [0.5, 0.6) is 5.88 Å². The average Bonchev–Trinajstić information content (AvgIpc) is 2.69. The van der Waals surface area contributed by atoms with E-state index in [0.29, 0.717) is 17.6 Å². The maximum Gasteiger partial charge on any atom is 0.236 e. The normalized spacial score (nSPS) is 15.1. The van der Waals surface area contributed by atoms with E-state index >= 15 is 0 Å². The largest absolute Gasteiger partial charge is 0.480 e. The minimum absolute atomic E-state index is 0.442. The highest BCUT2D eigenvalue weighted by atomic mass is 16.5. The number of nitrogens with one attached hydrogen (secondary N) is 1. The number of anilines is 2. The third-order valence-corrected chi connectivity index (χ3v) is 4.99. The van der Waals surface area contributed by atoms with E-state index in [0.717, 1.165) is 27.8 Å². The Morgan fingerprint density at radius 2 is 1.88 bits per heavy atom. The van der Waals surface area contributed by atoms with Crippen LogP contribution < -0.4 is 15.8 Å². The Hall–Kier alpha value is -2.89. The average molecular weight is 349 g/mol. The molecule has 0 unspecified atom stereocenters. The summed E-state index contributed by atoms with van der Waals surface area (Å²) in [7, 11) is 1.56. The van der Waals surface area contributed by atoms with Gasteiger partial charge in [0, 0.05) is 23.2 Å². The van der Waals surface area contributed by atoms with Gasteiger partial charge in [-0.1, -0.05) is 25.3 Å². The fourth-order valence-electron chi connectivity index (χ4n) is 3.59. The minimum atomic E-state index is 0.442. The second-order valence-electron chi connectivity index (χ2n) is 6.76. The van der Waals surface area contributed by atoms with E-state index in [1.807, 2.05) is 18.2 Å². The highest BCUT2D eigenvalue weighted by Gasteiger charge is 2.15. The molecule has 26 heavy (non-hydrogen) atoms. The summed E-state index contributed by atoms with van der Waals surface area (Å²) >= 11 is 0. The standard InChI is InChI=1S/C20H23N5O/c1-26-20-17(21)10-14(11-22-20)13-7-8-18-16(9-13)19(24-12-23-18)25-15-5-3-2-4-6-15/h7-12,15H,2-6,21H2,1H3,(H,23,24,25). The molecule has 3 N–H and O–H groups in total. The summed E-state index contributed by atoms with van der Waals surface area (Å²) in [5.41, 5.74) is 9.43. The molecule has 2 heterocycles. The van der Waals surface area contributed by atoms with E-state index < -0.39 is 0 Å². The molecule has 2 aromatic heterocycles. The van der Waals surface area contributed by atoms with Crippen LogP contribution in [0.15, 0.2) is 36.8 Å². The number of fused-ring (bicyclic) bond motifs is 1. The van der Waals surface area contributed by atoms with Gasteiger partial charge in [-0.2, -0.15) is 0 Å². The van der Waals surface area contributed by atoms with Gasteiger partial charge in [0.05, 0.1) is 18.3 Å². The van der Waals surface area contributed by atoms with Gasteiger partial charge in [-0.15, -0.1) is 0 Å². The van der Waals surface area contributed by atoms with Crippen molar-refractivity contribution in [3.63, 3.8) is 0 Å². The van der Waals surface area contributed by atoms with E-state index in [4.69, 9.17) is 10.5 Å². The Morgan fingerprint density at radius 1 is 1.04 bits per heavy atom. The first-order valence-corrected chi connectivity index (χ1v) is 9.06. The first-order chi connectivity index (χ1) is 12.7. The Balaban J connectivity index is 1.71. The van der Waals surface area contributed by atoms with Gasteiger partial charge in [0.2, 0.25) is 5.88 Å². The van der Waals surface area contributed by atoms with Crippen molar-refractivity contribution in [2.45, 2.75) is 38.1 Å². The number of nitrogen functional groups attached to an aromatic ring is 1. The molecule has 6 nitrogen and oxygen atoms in total. The Morgan fingerprint density at radius 3 is 2.65 bits per heavy atom. The zero-order valence-electron chi connectivity index (χ0n) is 14.9. The Bertz CT molecular complexity index is 921. The molecule has 1 fully saturated rings. The second-order valence-corrected chi connectivity index (χ2v) is 6.76. The lowest BCUT2D eigenvalue weighted by Crippen LogP contribution is -2.23. The number of ether oxygens (including phenoxy) is 1. The highest BCUT2D eigenvalue weighted by molar-refractivity contribution is 5.92. The van der Waals surface area contributed by atoms with Gasteiger partial charge in [-0.25, -0.2) is 15.0 Å². The van der Waals surface area contributed by atoms with E-state index in [1.165, 1.54) is 32.1 Å². The van der Waals surface area contributed by atoms with Crippen molar-refractivity contribution in [1.29, 1.82) is 0 Å². The fraction of sp³-hybridized carbons (Fsp3) is 0.350. The van der Waals surface area contributed by atoms with Crippen molar-refractivity contribution >= 4 is 22.4 Å². The van der Waals surface area contributed by atoms with Crippen LogP contribution in [0, 0.1) is 0 Å². The van der Waals surface area contributed by atoms with Crippen LogP contribution in [0.1, 0.15) is 32.1 Å². The molecular formula is C20H23N5O. The van der Waals surface area contributed by atoms with Gasteiger partial charge in [0.15, 0.2) is 0 Å². The summed E-state index contributed by atoms with van der Waals surface area (Å²) in [6, 6.07) is 8.51. The molecular weight excluding hydrogens is 326 g/mol. The first-order valence-electron chi connectivity index (χ1n) is 9.06. The molecule has 0 amide bonds. The van der Waals surface area contributed by atoms with E-state index in [1.54, 1.807) is 19.6 Å². The van der Waals surface area contributed by atoms with Gasteiger partial charge in [-0.05, 0) is 36.6 Å². The number of benzene rings is 1. The molecule has 0 saturated heterocycles. The van der Waals surface area contributed by atoms with Crippen LogP contribution in [-0.2, 0) is 0 Å². The number of nitrogens with zero attached hydrogens (tertiary/aromatic N) is 3. The summed E-state index contributed by atoms with van der Waals surface area (Å²) in [6.07, 6.45) is 9.69. The predicted octanol–water partition coefficient (Wildman–Crippen LogP) is 4.03. The van der Waals surface area contributed by atoms with Crippen LogP contribution in [0.3, 0.4) is 0 Å². The topological polar surface area (TPSA) is 86.0 Å². The molecule has 4 rings (SSSR count). The Kier molecular flexibility index (Phi) is 4.56. The second kappa shape index (κ2) is 7.15. The van der Waals surface area contributed by atoms with Crippen molar-refractivity contribution in [2.24, 2.45) is 0 Å². The predicted molar refractivity (Wildman–Crippen MR) is 104 cm³/mol. The summed E-state index contributed by atoms with van der Waals surface area (Å²) < 4.78 is 5.14. The number of aromatic nitrogens is 3. The summed E-state index contributed by atoms with van der Waals surface area (Å²) in [4.78, 5) is 13.2. The number of rotatable bonds is 4. The summed E-state index contributed by atoms with van der Waals surface area (Å²) in [6.45, 7) is 0. The van der Waals surface area contributed by atoms with Crippen molar-refractivity contribution in [1.82, 2.24) is 15.0 Å². The zero-order valence-corrected chi connectivity index (χ0v) is 14.9. The summed E-state index contributed by atoms with van der Waals surface area (Å²) in [5, 5.41) is 4.64. The van der Waals surface area contributed by atoms with Crippen molar-refractivity contribution in [2.75, 3.05) is 18.2 Å². The van der Waals surface area contributed by atoms with Crippen LogP contribution in [0.2, 0.25) is 0 Å². The Labute approximate surface area is 152 Å². The zero-order chi connectivity index (χ0) is 17.9. The van der Waals surface area contributed by atoms with Crippen LogP contribution in [-0.4, -0.2) is 28.1 Å². The quantitative estimate of drug-likeness (QED) is 0.740. The highest BCUT2D eigenvalue weighted by Crippen LogP contribution is 2.31. The number of nitrogens with two attached hydrogens (primary N) is 1. The van der Waals surface area contributed by atoms with Gasteiger partial charge in [0.1, 0.15) is 12.1 Å². The van der Waals surface area contributed by atoms with Crippen LogP contribution >= 0.6 is 0 Å². The van der Waals surface area contributed by atoms with Crippen molar-refractivity contribution in [3.05, 3.63) is 36.8 Å². The van der Waals surface area contributed by atoms with Crippen LogP contribution in [0.25, 0.3) is 22.0 Å². The molecule has 0 radical (unpaired) electrons. The number of methoxy groups -OCH3 is 1. The lowest BCUT2D eigenvalue weighted by Gasteiger charge is -2.23. The van der Waals surface area contributed by atoms with Gasteiger partial charge >= 0.3 is 0 Å². The maximum absolute atomic E-state index is 6.01. The van der Waals surface area contributed by atoms with Gasteiger partial charge in [-0.3, -0.25) is 0 Å². The smallest absolute Gasteiger partial charge is 0.236 e. The molecule has 1 aliphatic rings. The molecule has 134 valence electrons. The summed E-state index contributed by atoms with van der Waals surface area (Å²) in [5.74, 6) is 1.34. The molecule has 1 aliphatic carbocycles. The SMILES string of the molecule is COc1ncc(-c2ccc3ncnc(NC4CCCCC4)c3c2)cc1N. The number of hydrogen-bond donors (Lipinski definition) is 2. The van der Waals surface area contributed by atoms with Crippen LogP contribution in [0.4, 0.5) is 11.5 Å². The molecule has 0 spiro atoms. The van der Waals surface area contributed by atoms with E-state index in [-0.39, 0.29) is 0 Å². The first kappa shape index (κ1) is 16.6. The number of hydrogen-bond acceptors (Lipinski definition) is 6. The molecule has 1 saturated carbocycles. The lowest BCUT2D eigenvalue weighted by atomic mass is 9.95. The molecule has 1 aromatic carbocycles. The molecule has 3 aromatic rings. The third-order valence-electron chi connectivity index (χ3n) is 4.99. The molecule has 0 bridgehead atoms. The maximum atomic E-state index is 6.01. The molecule has 6 heteroatoms. The van der Waals surface area contributed by atoms with Gasteiger partial charge < -0.3 is 15.8 Å². The molecule has 0 atom stereocenters. The van der Waals surface area contributed by atoms with E-state index in [2.05, 4.69) is 26.3 Å². The third kappa shape index (κ3) is 3.27. The van der Waals surface area contributed by atoms with Gasteiger partial charge in [0.25, 0.3) is 0 Å². The van der Waals surface area contributed by atoms with Crippen molar-refractivity contribution in [3.8, 4) is 17.0 Å². The number of pyridine rings is 1. The minimum Gasteiger partial charge on any atom is -0.480 e. The molecule has 0 aliphatic heterocycles. The van der Waals surface area contributed by atoms with E-state index in [9.17, 15) is 0 Å². The van der Waals surface area contributed by atoms with Crippen molar-refractivity contribution < 1.29 is 4.74 Å².